The zero-order valence-electron chi connectivity index (χ0n) is 16.1. The van der Waals surface area contributed by atoms with Gasteiger partial charge in [-0.3, -0.25) is 0 Å². The summed E-state index contributed by atoms with van der Waals surface area (Å²) in [6.45, 7) is 5.07. The van der Waals surface area contributed by atoms with Crippen molar-refractivity contribution in [3.63, 3.8) is 0 Å². The molecule has 0 radical (unpaired) electrons. The maximum absolute atomic E-state index is 9.30. The van der Waals surface area contributed by atoms with Gasteiger partial charge in [0.15, 0.2) is 5.75 Å². The molecule has 1 aliphatic rings. The monoisotopic (exact) mass is 391 g/mol. The number of nitrogens with zero attached hydrogens (tertiary/aromatic N) is 6. The second-order valence-corrected chi connectivity index (χ2v) is 6.60. The van der Waals surface area contributed by atoms with Crippen molar-refractivity contribution < 1.29 is 9.47 Å². The third-order valence-electron chi connectivity index (χ3n) is 4.56. The molecular formula is C20H21N7O2. The summed E-state index contributed by atoms with van der Waals surface area (Å²) in [4.78, 5) is 11.1. The van der Waals surface area contributed by atoms with Gasteiger partial charge in [0, 0.05) is 43.5 Å². The van der Waals surface area contributed by atoms with Crippen LogP contribution in [0, 0.1) is 18.3 Å². The highest BCUT2D eigenvalue weighted by Crippen LogP contribution is 2.30. The molecule has 0 saturated carbocycles. The molecule has 0 bridgehead atoms. The zero-order chi connectivity index (χ0) is 20.2. The summed E-state index contributed by atoms with van der Waals surface area (Å²) < 4.78 is 13.2. The summed E-state index contributed by atoms with van der Waals surface area (Å²) >= 11 is 0. The quantitative estimate of drug-likeness (QED) is 0.701. The van der Waals surface area contributed by atoms with E-state index in [9.17, 15) is 5.26 Å². The highest BCUT2D eigenvalue weighted by atomic mass is 16.5. The Morgan fingerprint density at radius 1 is 1.24 bits per heavy atom. The van der Waals surface area contributed by atoms with E-state index >= 15 is 0 Å². The summed E-state index contributed by atoms with van der Waals surface area (Å²) in [6.07, 6.45) is 3.53. The molecule has 0 atom stereocenters. The summed E-state index contributed by atoms with van der Waals surface area (Å²) in [5, 5.41) is 13.6. The average Bonchev–Trinajstić information content (AvgIpc) is 3.23. The van der Waals surface area contributed by atoms with Crippen LogP contribution in [0.3, 0.4) is 0 Å². The Labute approximate surface area is 168 Å². The van der Waals surface area contributed by atoms with Crippen LogP contribution in [0.1, 0.15) is 17.0 Å². The molecule has 3 aromatic rings. The Kier molecular flexibility index (Phi) is 5.37. The number of anilines is 1. The number of rotatable bonds is 5. The van der Waals surface area contributed by atoms with Gasteiger partial charge < -0.3 is 20.1 Å². The smallest absolute Gasteiger partial charge is 0.224 e. The molecule has 1 aromatic carbocycles. The molecule has 2 N–H and O–H groups in total. The van der Waals surface area contributed by atoms with Crippen LogP contribution in [0.15, 0.2) is 36.7 Å². The van der Waals surface area contributed by atoms with Crippen molar-refractivity contribution in [3.05, 3.63) is 53.6 Å². The minimum absolute atomic E-state index is 0.389. The molecule has 1 fully saturated rings. The first-order chi connectivity index (χ1) is 14.2. The van der Waals surface area contributed by atoms with Crippen LogP contribution in [0.25, 0.3) is 5.69 Å². The predicted octanol–water partition coefficient (Wildman–Crippen LogP) is 1.93. The van der Waals surface area contributed by atoms with E-state index in [1.165, 1.54) is 0 Å². The van der Waals surface area contributed by atoms with Crippen molar-refractivity contribution in [2.24, 2.45) is 5.73 Å². The van der Waals surface area contributed by atoms with Crippen molar-refractivity contribution in [2.75, 3.05) is 31.2 Å². The number of nitrogens with two attached hydrogens (primary N) is 1. The minimum atomic E-state index is 0.389. The highest BCUT2D eigenvalue weighted by molar-refractivity contribution is 5.53. The Morgan fingerprint density at radius 2 is 2.07 bits per heavy atom. The molecule has 29 heavy (non-hydrogen) atoms. The number of ether oxygens (including phenoxy) is 2. The van der Waals surface area contributed by atoms with Gasteiger partial charge in [-0.25, -0.2) is 9.67 Å². The molecule has 0 amide bonds. The third kappa shape index (κ3) is 4.18. The lowest BCUT2D eigenvalue weighted by Gasteiger charge is -2.28. The van der Waals surface area contributed by atoms with Gasteiger partial charge in [0.25, 0.3) is 0 Å². The van der Waals surface area contributed by atoms with Crippen LogP contribution in [0.5, 0.6) is 11.6 Å². The van der Waals surface area contributed by atoms with Crippen LogP contribution < -0.4 is 15.4 Å². The fourth-order valence-electron chi connectivity index (χ4n) is 3.10. The Bertz CT molecular complexity index is 1050. The van der Waals surface area contributed by atoms with Gasteiger partial charge in [0.1, 0.15) is 17.3 Å². The Hall–Kier alpha value is -3.48. The Balaban J connectivity index is 1.70. The van der Waals surface area contributed by atoms with Crippen molar-refractivity contribution in [1.29, 1.82) is 5.26 Å². The second-order valence-electron chi connectivity index (χ2n) is 6.60. The highest BCUT2D eigenvalue weighted by Gasteiger charge is 2.16. The summed E-state index contributed by atoms with van der Waals surface area (Å²) in [5.41, 5.74) is 7.76. The second kappa shape index (κ2) is 8.26. The van der Waals surface area contributed by atoms with Gasteiger partial charge in [-0.05, 0) is 19.1 Å². The van der Waals surface area contributed by atoms with Crippen molar-refractivity contribution in [1.82, 2.24) is 19.7 Å². The molecule has 9 heteroatoms. The van der Waals surface area contributed by atoms with E-state index in [2.05, 4.69) is 26.0 Å². The fraction of sp³-hybridized carbons (Fsp3) is 0.300. The summed E-state index contributed by atoms with van der Waals surface area (Å²) in [6, 6.07) is 9.12. The Morgan fingerprint density at radius 3 is 2.79 bits per heavy atom. The average molecular weight is 391 g/mol. The van der Waals surface area contributed by atoms with E-state index in [0.717, 1.165) is 24.5 Å². The van der Waals surface area contributed by atoms with Crippen molar-refractivity contribution >= 4 is 5.82 Å². The molecule has 2 aromatic heterocycles. The molecule has 1 aliphatic heterocycles. The lowest BCUT2D eigenvalue weighted by atomic mass is 10.2. The van der Waals surface area contributed by atoms with Crippen LogP contribution >= 0.6 is 0 Å². The van der Waals surface area contributed by atoms with Crippen molar-refractivity contribution in [2.45, 2.75) is 13.5 Å². The normalized spacial score (nSPS) is 13.9. The lowest BCUT2D eigenvalue weighted by Crippen LogP contribution is -2.36. The summed E-state index contributed by atoms with van der Waals surface area (Å²) in [5.74, 6) is 2.27. The maximum atomic E-state index is 9.30. The first-order valence-electron chi connectivity index (χ1n) is 9.30. The van der Waals surface area contributed by atoms with Gasteiger partial charge in [-0.2, -0.15) is 15.3 Å². The molecular weight excluding hydrogens is 370 g/mol. The number of nitriles is 1. The molecule has 9 nitrogen and oxygen atoms in total. The SMILES string of the molecule is Cc1nc(Oc2cc(C#N)ccc2-n2cc(CN)cn2)cc(N2CCOCC2)n1. The molecule has 0 aliphatic carbocycles. The van der Waals surface area contributed by atoms with Crippen LogP contribution in [-0.2, 0) is 11.3 Å². The summed E-state index contributed by atoms with van der Waals surface area (Å²) in [7, 11) is 0. The largest absolute Gasteiger partial charge is 0.437 e. The molecule has 0 spiro atoms. The number of morpholine rings is 1. The maximum Gasteiger partial charge on any atom is 0.224 e. The van der Waals surface area contributed by atoms with E-state index in [1.54, 1.807) is 35.1 Å². The minimum Gasteiger partial charge on any atom is -0.437 e. The third-order valence-corrected chi connectivity index (χ3v) is 4.56. The van der Waals surface area contributed by atoms with Crippen LogP contribution in [-0.4, -0.2) is 46.1 Å². The molecule has 0 unspecified atom stereocenters. The van der Waals surface area contributed by atoms with E-state index in [1.807, 2.05) is 13.1 Å². The number of hydrogen-bond acceptors (Lipinski definition) is 8. The van der Waals surface area contributed by atoms with E-state index in [0.29, 0.717) is 48.5 Å². The molecule has 3 heterocycles. The van der Waals surface area contributed by atoms with E-state index in [-0.39, 0.29) is 0 Å². The topological polar surface area (TPSA) is 115 Å². The molecule has 1 saturated heterocycles. The van der Waals surface area contributed by atoms with Gasteiger partial charge in [0.05, 0.1) is 31.0 Å². The van der Waals surface area contributed by atoms with Gasteiger partial charge in [-0.1, -0.05) is 0 Å². The number of aromatic nitrogens is 4. The first-order valence-corrected chi connectivity index (χ1v) is 9.30. The lowest BCUT2D eigenvalue weighted by molar-refractivity contribution is 0.122. The van der Waals surface area contributed by atoms with E-state index < -0.39 is 0 Å². The molecule has 4 rings (SSSR count). The predicted molar refractivity (Wildman–Crippen MR) is 106 cm³/mol. The van der Waals surface area contributed by atoms with Gasteiger partial charge in [0.2, 0.25) is 5.88 Å². The van der Waals surface area contributed by atoms with E-state index in [4.69, 9.17) is 15.2 Å². The van der Waals surface area contributed by atoms with Gasteiger partial charge in [-0.15, -0.1) is 0 Å². The number of hydrogen-bond donors (Lipinski definition) is 1. The number of aryl methyl sites for hydroxylation is 1. The number of benzene rings is 1. The van der Waals surface area contributed by atoms with Gasteiger partial charge >= 0.3 is 0 Å². The molecule has 148 valence electrons. The van der Waals surface area contributed by atoms with Crippen LogP contribution in [0.4, 0.5) is 5.82 Å². The first kappa shape index (κ1) is 18.9. The van der Waals surface area contributed by atoms with Crippen LogP contribution in [0.2, 0.25) is 0 Å². The van der Waals surface area contributed by atoms with Crippen molar-refractivity contribution in [3.8, 4) is 23.4 Å². The standard InChI is InChI=1S/C20H21N7O2/c1-14-24-19(26-4-6-28-7-5-26)9-20(25-14)29-18-8-15(10-21)2-3-17(18)27-13-16(11-22)12-23-27/h2-3,8-9,12-13H,4-7,11,22H2,1H3. The fourth-order valence-corrected chi connectivity index (χ4v) is 3.10. The zero-order valence-corrected chi connectivity index (χ0v) is 16.1.